The van der Waals surface area contributed by atoms with Gasteiger partial charge in [0.05, 0.1) is 12.7 Å². The summed E-state index contributed by atoms with van der Waals surface area (Å²) < 4.78 is 5.12. The topological polar surface area (TPSA) is 52.7 Å². The third-order valence-electron chi connectivity index (χ3n) is 5.19. The van der Waals surface area contributed by atoms with Gasteiger partial charge in [-0.25, -0.2) is 0 Å². The highest BCUT2D eigenvalue weighted by Gasteiger charge is 2.26. The van der Waals surface area contributed by atoms with Crippen molar-refractivity contribution in [2.75, 3.05) is 6.61 Å². The standard InChI is InChI=1S/C21H40O3/c1-2-3-4-5-6-7-8-9-10-11-12-13-14-15-16-19(21(22)23)17-20-18-24-20/h19-20H,2-18H2,1H3,(H,22,23)/p-1. The molecule has 24 heavy (non-hydrogen) atoms. The molecule has 0 bridgehead atoms. The molecule has 2 unspecified atom stereocenters. The van der Waals surface area contributed by atoms with Gasteiger partial charge in [-0.2, -0.15) is 0 Å². The Labute approximate surface area is 149 Å². The molecule has 0 N–H and O–H groups in total. The largest absolute Gasteiger partial charge is 0.550 e. The number of hydrogen-bond donors (Lipinski definition) is 0. The van der Waals surface area contributed by atoms with Crippen LogP contribution in [0.3, 0.4) is 0 Å². The lowest BCUT2D eigenvalue weighted by atomic mass is 9.96. The zero-order valence-electron chi connectivity index (χ0n) is 15.9. The number of rotatable bonds is 18. The van der Waals surface area contributed by atoms with Gasteiger partial charge in [-0.3, -0.25) is 0 Å². The van der Waals surface area contributed by atoms with Crippen LogP contribution in [0.15, 0.2) is 0 Å². The maximum atomic E-state index is 11.1. The second-order valence-electron chi connectivity index (χ2n) is 7.59. The number of aliphatic carboxylic acids is 1. The van der Waals surface area contributed by atoms with Crippen molar-refractivity contribution < 1.29 is 14.6 Å². The van der Waals surface area contributed by atoms with Gasteiger partial charge in [-0.15, -0.1) is 0 Å². The summed E-state index contributed by atoms with van der Waals surface area (Å²) >= 11 is 0. The van der Waals surface area contributed by atoms with Gasteiger partial charge in [0, 0.05) is 11.9 Å². The molecule has 1 rings (SSSR count). The molecule has 0 aliphatic carbocycles. The highest BCUT2D eigenvalue weighted by Crippen LogP contribution is 2.23. The Balaban J connectivity index is 1.77. The molecular weight excluding hydrogens is 300 g/mol. The molecule has 142 valence electrons. The van der Waals surface area contributed by atoms with E-state index in [1.165, 1.54) is 77.0 Å². The highest BCUT2D eigenvalue weighted by atomic mass is 16.6. The fraction of sp³-hybridized carbons (Fsp3) is 0.952. The van der Waals surface area contributed by atoms with Gasteiger partial charge in [0.2, 0.25) is 0 Å². The van der Waals surface area contributed by atoms with Crippen molar-refractivity contribution in [3.05, 3.63) is 0 Å². The summed E-state index contributed by atoms with van der Waals surface area (Å²) in [5.74, 6) is -1.19. The molecule has 0 saturated carbocycles. The summed E-state index contributed by atoms with van der Waals surface area (Å²) in [7, 11) is 0. The summed E-state index contributed by atoms with van der Waals surface area (Å²) in [6, 6.07) is 0. The molecule has 1 saturated heterocycles. The first-order chi connectivity index (χ1) is 11.7. The van der Waals surface area contributed by atoms with Gasteiger partial charge in [-0.05, 0) is 12.8 Å². The SMILES string of the molecule is CCCCCCCCCCCCCCCCC(CC1CO1)C(=O)[O-]. The first kappa shape index (κ1) is 21.5. The molecule has 0 aromatic heterocycles. The third kappa shape index (κ3) is 12.8. The van der Waals surface area contributed by atoms with Gasteiger partial charge < -0.3 is 14.6 Å². The molecule has 3 heteroatoms. The number of carboxylic acid groups (broad SMARTS) is 1. The molecular formula is C21H39O3-. The van der Waals surface area contributed by atoms with Gasteiger partial charge >= 0.3 is 0 Å². The first-order valence-electron chi connectivity index (χ1n) is 10.6. The number of epoxide rings is 1. The normalized spacial score (nSPS) is 17.8. The summed E-state index contributed by atoms with van der Waals surface area (Å²) in [6.45, 7) is 3.01. The second kappa shape index (κ2) is 14.7. The van der Waals surface area contributed by atoms with Gasteiger partial charge in [0.15, 0.2) is 0 Å². The van der Waals surface area contributed by atoms with Crippen LogP contribution in [0.25, 0.3) is 0 Å². The van der Waals surface area contributed by atoms with Crippen LogP contribution in [0, 0.1) is 5.92 Å². The Hall–Kier alpha value is -0.570. The van der Waals surface area contributed by atoms with E-state index in [9.17, 15) is 9.90 Å². The number of carboxylic acids is 1. The number of carbonyl (C=O) groups is 1. The summed E-state index contributed by atoms with van der Waals surface area (Å²) in [5, 5.41) is 11.1. The van der Waals surface area contributed by atoms with E-state index in [0.717, 1.165) is 25.9 Å². The van der Waals surface area contributed by atoms with E-state index in [4.69, 9.17) is 4.74 Å². The fourth-order valence-electron chi connectivity index (χ4n) is 3.44. The number of ether oxygens (including phenoxy) is 1. The molecule has 1 heterocycles. The maximum Gasteiger partial charge on any atom is 0.0816 e. The Kier molecular flexibility index (Phi) is 13.2. The van der Waals surface area contributed by atoms with Crippen molar-refractivity contribution in [3.8, 4) is 0 Å². The smallest absolute Gasteiger partial charge is 0.0816 e. The van der Waals surface area contributed by atoms with E-state index in [1.54, 1.807) is 0 Å². The molecule has 0 radical (unpaired) electrons. The molecule has 1 aliphatic heterocycles. The van der Waals surface area contributed by atoms with Crippen molar-refractivity contribution in [3.63, 3.8) is 0 Å². The molecule has 0 amide bonds. The summed E-state index contributed by atoms with van der Waals surface area (Å²) in [5.41, 5.74) is 0. The van der Waals surface area contributed by atoms with E-state index in [0.29, 0.717) is 6.42 Å². The van der Waals surface area contributed by atoms with Crippen LogP contribution in [0.5, 0.6) is 0 Å². The molecule has 0 aromatic rings. The second-order valence-corrected chi connectivity index (χ2v) is 7.59. The van der Waals surface area contributed by atoms with E-state index in [-0.39, 0.29) is 12.0 Å². The predicted octanol–water partition coefficient (Wildman–Crippen LogP) is 5.01. The minimum absolute atomic E-state index is 0.194. The number of hydrogen-bond acceptors (Lipinski definition) is 3. The van der Waals surface area contributed by atoms with Crippen LogP contribution in [-0.2, 0) is 9.53 Å². The lowest BCUT2D eigenvalue weighted by Crippen LogP contribution is -2.32. The zero-order valence-corrected chi connectivity index (χ0v) is 15.9. The van der Waals surface area contributed by atoms with Crippen LogP contribution in [-0.4, -0.2) is 18.7 Å². The van der Waals surface area contributed by atoms with Crippen LogP contribution >= 0.6 is 0 Å². The third-order valence-corrected chi connectivity index (χ3v) is 5.19. The monoisotopic (exact) mass is 339 g/mol. The highest BCUT2D eigenvalue weighted by molar-refractivity contribution is 5.67. The number of unbranched alkanes of at least 4 members (excludes halogenated alkanes) is 13. The van der Waals surface area contributed by atoms with Crippen LogP contribution in [0.4, 0.5) is 0 Å². The van der Waals surface area contributed by atoms with Crippen LogP contribution < -0.4 is 5.11 Å². The molecule has 3 nitrogen and oxygen atoms in total. The minimum Gasteiger partial charge on any atom is -0.550 e. The van der Waals surface area contributed by atoms with Crippen LogP contribution in [0.2, 0.25) is 0 Å². The average Bonchev–Trinajstić information content (AvgIpc) is 3.38. The van der Waals surface area contributed by atoms with Crippen LogP contribution in [0.1, 0.15) is 110 Å². The maximum absolute atomic E-state index is 11.1. The predicted molar refractivity (Wildman–Crippen MR) is 97.8 cm³/mol. The Bertz CT molecular complexity index is 299. The Morgan fingerprint density at radius 3 is 1.67 bits per heavy atom. The zero-order chi connectivity index (χ0) is 17.5. The Morgan fingerprint density at radius 2 is 1.29 bits per heavy atom. The average molecular weight is 340 g/mol. The minimum atomic E-state index is -0.889. The number of carbonyl (C=O) groups excluding carboxylic acids is 1. The quantitative estimate of drug-likeness (QED) is 0.260. The summed E-state index contributed by atoms with van der Waals surface area (Å²) in [6.07, 6.45) is 20.3. The van der Waals surface area contributed by atoms with E-state index in [1.807, 2.05) is 0 Å². The molecule has 0 spiro atoms. The molecule has 0 aromatic carbocycles. The fourth-order valence-corrected chi connectivity index (χ4v) is 3.44. The van der Waals surface area contributed by atoms with Crippen molar-refractivity contribution in [2.24, 2.45) is 5.92 Å². The van der Waals surface area contributed by atoms with Crippen molar-refractivity contribution >= 4 is 5.97 Å². The lowest BCUT2D eigenvalue weighted by molar-refractivity contribution is -0.312. The van der Waals surface area contributed by atoms with Crippen molar-refractivity contribution in [1.82, 2.24) is 0 Å². The van der Waals surface area contributed by atoms with Gasteiger partial charge in [-0.1, -0.05) is 96.8 Å². The Morgan fingerprint density at radius 1 is 0.875 bits per heavy atom. The molecule has 2 atom stereocenters. The van der Waals surface area contributed by atoms with E-state index in [2.05, 4.69) is 6.92 Å². The van der Waals surface area contributed by atoms with Gasteiger partial charge in [0.1, 0.15) is 0 Å². The van der Waals surface area contributed by atoms with Gasteiger partial charge in [0.25, 0.3) is 0 Å². The van der Waals surface area contributed by atoms with E-state index >= 15 is 0 Å². The molecule has 1 fully saturated rings. The summed E-state index contributed by atoms with van der Waals surface area (Å²) in [4.78, 5) is 11.1. The van der Waals surface area contributed by atoms with Crippen molar-refractivity contribution in [1.29, 1.82) is 0 Å². The molecule has 1 aliphatic rings. The van der Waals surface area contributed by atoms with E-state index < -0.39 is 5.97 Å². The lowest BCUT2D eigenvalue weighted by Gasteiger charge is -2.16. The van der Waals surface area contributed by atoms with Crippen molar-refractivity contribution in [2.45, 2.75) is 116 Å². The first-order valence-corrected chi connectivity index (χ1v) is 10.6.